The van der Waals surface area contributed by atoms with Crippen LogP contribution in [0, 0.1) is 18.8 Å². The van der Waals surface area contributed by atoms with Crippen molar-refractivity contribution in [3.63, 3.8) is 0 Å². The molecule has 5 heteroatoms. The zero-order valence-electron chi connectivity index (χ0n) is 11.5. The van der Waals surface area contributed by atoms with E-state index in [0.29, 0.717) is 18.0 Å². The number of benzene rings is 1. The van der Waals surface area contributed by atoms with E-state index in [2.05, 4.69) is 0 Å². The van der Waals surface area contributed by atoms with Crippen molar-refractivity contribution in [2.75, 3.05) is 13.1 Å². The highest BCUT2D eigenvalue weighted by molar-refractivity contribution is 7.89. The van der Waals surface area contributed by atoms with Crippen LogP contribution in [0.25, 0.3) is 0 Å². The van der Waals surface area contributed by atoms with Crippen LogP contribution in [-0.4, -0.2) is 31.6 Å². The van der Waals surface area contributed by atoms with E-state index < -0.39 is 10.0 Å². The maximum Gasteiger partial charge on any atom is 0.243 e. The molecule has 104 valence electrons. The van der Waals surface area contributed by atoms with Crippen molar-refractivity contribution in [3.05, 3.63) is 29.8 Å². The molecule has 4 nitrogen and oxygen atoms in total. The highest BCUT2D eigenvalue weighted by Crippen LogP contribution is 2.29. The second kappa shape index (κ2) is 5.06. The van der Waals surface area contributed by atoms with Gasteiger partial charge in [0, 0.05) is 19.0 Å². The van der Waals surface area contributed by atoms with Gasteiger partial charge in [0.05, 0.1) is 4.90 Å². The number of hydrogen-bond acceptors (Lipinski definition) is 3. The molecule has 0 amide bonds. The van der Waals surface area contributed by atoms with E-state index in [1.54, 1.807) is 24.3 Å². The second-order valence-electron chi connectivity index (χ2n) is 5.33. The Kier molecular flexibility index (Phi) is 3.78. The van der Waals surface area contributed by atoms with Crippen molar-refractivity contribution >= 4 is 15.8 Å². The maximum atomic E-state index is 12.5. The number of ketones is 1. The SMILES string of the molecule is CC(=O)[C@@H]1CN(S(=O)(=O)c2ccc(C)cc2)C[C@@H]1C. The summed E-state index contributed by atoms with van der Waals surface area (Å²) in [6.07, 6.45) is 0. The lowest BCUT2D eigenvalue weighted by Crippen LogP contribution is -2.29. The number of sulfonamides is 1. The van der Waals surface area contributed by atoms with E-state index in [4.69, 9.17) is 0 Å². The summed E-state index contributed by atoms with van der Waals surface area (Å²) in [5, 5.41) is 0. The molecule has 1 heterocycles. The van der Waals surface area contributed by atoms with Gasteiger partial charge in [-0.1, -0.05) is 24.6 Å². The molecule has 0 spiro atoms. The lowest BCUT2D eigenvalue weighted by atomic mass is 9.95. The van der Waals surface area contributed by atoms with Crippen LogP contribution in [0.4, 0.5) is 0 Å². The number of Topliss-reactive ketones (excluding diaryl/α,β-unsaturated/α-hetero) is 1. The molecular weight excluding hydrogens is 262 g/mol. The van der Waals surface area contributed by atoms with Gasteiger partial charge >= 0.3 is 0 Å². The molecule has 1 aromatic rings. The standard InChI is InChI=1S/C14H19NO3S/c1-10-4-6-13(7-5-10)19(17,18)15-8-11(2)14(9-15)12(3)16/h4-7,11,14H,8-9H2,1-3H3/t11-,14+/m0/s1. The number of aryl methyl sites for hydroxylation is 1. The normalized spacial score (nSPS) is 24.6. The first kappa shape index (κ1) is 14.2. The topological polar surface area (TPSA) is 54.5 Å². The first-order valence-corrected chi connectivity index (χ1v) is 7.83. The molecule has 0 N–H and O–H groups in total. The minimum absolute atomic E-state index is 0.0640. The summed E-state index contributed by atoms with van der Waals surface area (Å²) in [5.74, 6) is -0.0351. The van der Waals surface area contributed by atoms with Crippen molar-refractivity contribution in [2.45, 2.75) is 25.7 Å². The van der Waals surface area contributed by atoms with E-state index in [0.717, 1.165) is 5.56 Å². The zero-order valence-corrected chi connectivity index (χ0v) is 12.3. The average molecular weight is 281 g/mol. The molecule has 0 bridgehead atoms. The Balaban J connectivity index is 2.27. The summed E-state index contributed by atoms with van der Waals surface area (Å²) < 4.78 is 26.4. The van der Waals surface area contributed by atoms with Crippen LogP contribution in [-0.2, 0) is 14.8 Å². The maximum absolute atomic E-state index is 12.5. The Hall–Kier alpha value is -1.20. The van der Waals surface area contributed by atoms with Gasteiger partial charge in [0.2, 0.25) is 10.0 Å². The molecule has 1 fully saturated rings. The van der Waals surface area contributed by atoms with Crippen LogP contribution in [0.3, 0.4) is 0 Å². The first-order chi connectivity index (χ1) is 8.82. The fourth-order valence-electron chi connectivity index (χ4n) is 2.51. The van der Waals surface area contributed by atoms with Crippen molar-refractivity contribution in [3.8, 4) is 0 Å². The van der Waals surface area contributed by atoms with Gasteiger partial charge in [-0.3, -0.25) is 4.79 Å². The smallest absolute Gasteiger partial charge is 0.243 e. The number of hydrogen-bond donors (Lipinski definition) is 0. The quantitative estimate of drug-likeness (QED) is 0.849. The summed E-state index contributed by atoms with van der Waals surface area (Å²) in [5.41, 5.74) is 1.02. The third-order valence-corrected chi connectivity index (χ3v) is 5.61. The van der Waals surface area contributed by atoms with Gasteiger partial charge in [0.1, 0.15) is 5.78 Å². The van der Waals surface area contributed by atoms with E-state index in [9.17, 15) is 13.2 Å². The predicted octanol–water partition coefficient (Wildman–Crippen LogP) is 1.84. The number of carbonyl (C=O) groups is 1. The summed E-state index contributed by atoms with van der Waals surface area (Å²) >= 11 is 0. The third-order valence-electron chi connectivity index (χ3n) is 3.76. The Morgan fingerprint density at radius 1 is 1.21 bits per heavy atom. The summed E-state index contributed by atoms with van der Waals surface area (Å²) in [7, 11) is -3.47. The molecule has 0 saturated carbocycles. The minimum atomic E-state index is -3.47. The second-order valence-corrected chi connectivity index (χ2v) is 7.27. The Morgan fingerprint density at radius 2 is 1.79 bits per heavy atom. The van der Waals surface area contributed by atoms with Gasteiger partial charge in [-0.25, -0.2) is 8.42 Å². The van der Waals surface area contributed by atoms with Crippen LogP contribution in [0.2, 0.25) is 0 Å². The number of carbonyl (C=O) groups excluding carboxylic acids is 1. The highest BCUT2D eigenvalue weighted by Gasteiger charge is 2.39. The van der Waals surface area contributed by atoms with Gasteiger partial charge in [-0.2, -0.15) is 4.31 Å². The molecule has 0 unspecified atom stereocenters. The van der Waals surface area contributed by atoms with E-state index >= 15 is 0 Å². The Bertz CT molecular complexity index is 577. The fraction of sp³-hybridized carbons (Fsp3) is 0.500. The van der Waals surface area contributed by atoms with Gasteiger partial charge in [-0.05, 0) is 31.9 Å². The monoisotopic (exact) mass is 281 g/mol. The van der Waals surface area contributed by atoms with Crippen LogP contribution < -0.4 is 0 Å². The van der Waals surface area contributed by atoms with Crippen LogP contribution >= 0.6 is 0 Å². The molecule has 1 aliphatic rings. The van der Waals surface area contributed by atoms with Crippen molar-refractivity contribution < 1.29 is 13.2 Å². The van der Waals surface area contributed by atoms with Gasteiger partial charge < -0.3 is 0 Å². The fourth-order valence-corrected chi connectivity index (χ4v) is 4.07. The van der Waals surface area contributed by atoms with E-state index in [-0.39, 0.29) is 17.6 Å². The van der Waals surface area contributed by atoms with Crippen LogP contribution in [0.5, 0.6) is 0 Å². The van der Waals surface area contributed by atoms with Gasteiger partial charge in [0.25, 0.3) is 0 Å². The minimum Gasteiger partial charge on any atom is -0.300 e. The largest absolute Gasteiger partial charge is 0.300 e. The molecule has 1 aromatic carbocycles. The predicted molar refractivity (Wildman–Crippen MR) is 73.3 cm³/mol. The van der Waals surface area contributed by atoms with Crippen LogP contribution in [0.1, 0.15) is 19.4 Å². The number of rotatable bonds is 3. The molecule has 2 rings (SSSR count). The zero-order chi connectivity index (χ0) is 14.2. The average Bonchev–Trinajstić information content (AvgIpc) is 2.72. The lowest BCUT2D eigenvalue weighted by molar-refractivity contribution is -0.121. The highest BCUT2D eigenvalue weighted by atomic mass is 32.2. The van der Waals surface area contributed by atoms with Gasteiger partial charge in [-0.15, -0.1) is 0 Å². The van der Waals surface area contributed by atoms with Crippen LogP contribution in [0.15, 0.2) is 29.2 Å². The molecule has 1 saturated heterocycles. The van der Waals surface area contributed by atoms with E-state index in [1.807, 2.05) is 13.8 Å². The van der Waals surface area contributed by atoms with E-state index in [1.165, 1.54) is 11.2 Å². The van der Waals surface area contributed by atoms with Crippen molar-refractivity contribution in [2.24, 2.45) is 11.8 Å². The molecule has 2 atom stereocenters. The molecule has 0 aliphatic carbocycles. The van der Waals surface area contributed by atoms with Gasteiger partial charge in [0.15, 0.2) is 0 Å². The summed E-state index contributed by atoms with van der Waals surface area (Å²) in [6.45, 7) is 6.09. The third kappa shape index (κ3) is 2.72. The number of nitrogens with zero attached hydrogens (tertiary/aromatic N) is 1. The summed E-state index contributed by atoms with van der Waals surface area (Å²) in [6, 6.07) is 6.82. The van der Waals surface area contributed by atoms with Crippen molar-refractivity contribution in [1.29, 1.82) is 0 Å². The molecular formula is C14H19NO3S. The molecule has 19 heavy (non-hydrogen) atoms. The lowest BCUT2D eigenvalue weighted by Gasteiger charge is -2.16. The molecule has 0 radical (unpaired) electrons. The molecule has 0 aromatic heterocycles. The Morgan fingerprint density at radius 3 is 2.26 bits per heavy atom. The molecule has 1 aliphatic heterocycles. The summed E-state index contributed by atoms with van der Waals surface area (Å²) in [4.78, 5) is 11.8. The first-order valence-electron chi connectivity index (χ1n) is 6.39. The van der Waals surface area contributed by atoms with Crippen molar-refractivity contribution in [1.82, 2.24) is 4.31 Å². The Labute approximate surface area is 114 Å².